The predicted molar refractivity (Wildman–Crippen MR) is 90.0 cm³/mol. The third kappa shape index (κ3) is 3.24. The number of aromatic nitrogens is 2. The molecule has 0 bridgehead atoms. The Hall–Kier alpha value is -1.51. The summed E-state index contributed by atoms with van der Waals surface area (Å²) >= 11 is 1.20. The van der Waals surface area contributed by atoms with E-state index in [4.69, 9.17) is 0 Å². The van der Waals surface area contributed by atoms with Gasteiger partial charge in [-0.3, -0.25) is 4.79 Å². The fourth-order valence-corrected chi connectivity index (χ4v) is 5.97. The number of aromatic amines is 1. The molecule has 0 aromatic carbocycles. The molecule has 1 fully saturated rings. The van der Waals surface area contributed by atoms with E-state index in [0.29, 0.717) is 22.0 Å². The highest BCUT2D eigenvalue weighted by atomic mass is 32.2. The van der Waals surface area contributed by atoms with Crippen molar-refractivity contribution in [3.63, 3.8) is 0 Å². The van der Waals surface area contributed by atoms with Gasteiger partial charge in [-0.15, -0.1) is 11.3 Å². The average molecular weight is 353 g/mol. The van der Waals surface area contributed by atoms with Crippen LogP contribution in [-0.4, -0.2) is 35.5 Å². The maximum Gasteiger partial charge on any atom is 0.264 e. The highest BCUT2D eigenvalue weighted by Gasteiger charge is 2.33. The average Bonchev–Trinajstić information content (AvgIpc) is 3.06. The van der Waals surface area contributed by atoms with Crippen LogP contribution in [0.3, 0.4) is 0 Å². The Morgan fingerprint density at radius 3 is 2.91 bits per heavy atom. The molecule has 0 amide bonds. The molecule has 0 radical (unpaired) electrons. The van der Waals surface area contributed by atoms with Crippen molar-refractivity contribution < 1.29 is 8.42 Å². The zero-order valence-corrected chi connectivity index (χ0v) is 14.5. The van der Waals surface area contributed by atoms with Gasteiger partial charge in [-0.05, 0) is 31.4 Å². The quantitative estimate of drug-likeness (QED) is 0.915. The number of hydrogen-bond acceptors (Lipinski definition) is 5. The van der Waals surface area contributed by atoms with Gasteiger partial charge in [0.15, 0.2) is 0 Å². The topological polar surface area (TPSA) is 83.1 Å². The van der Waals surface area contributed by atoms with Crippen molar-refractivity contribution in [2.75, 3.05) is 6.54 Å². The molecule has 6 nitrogen and oxygen atoms in total. The molecule has 1 N–H and O–H groups in total. The molecular weight excluding hydrogens is 334 g/mol. The van der Waals surface area contributed by atoms with Gasteiger partial charge in [0.2, 0.25) is 0 Å². The van der Waals surface area contributed by atoms with Crippen molar-refractivity contribution in [3.05, 3.63) is 33.9 Å². The van der Waals surface area contributed by atoms with E-state index in [1.54, 1.807) is 21.8 Å². The number of thiophene rings is 1. The molecule has 2 aromatic rings. The second kappa shape index (κ2) is 6.54. The molecule has 3 rings (SSSR count). The van der Waals surface area contributed by atoms with Crippen molar-refractivity contribution >= 4 is 21.4 Å². The standard InChI is InChI=1S/C15H19N3O3S2/c1-2-12-5-3-4-8-18(12)23(20,21)15-9-11(10-22-15)13-6-7-14(19)17-16-13/h6-7,9-10,12H,2-5,8H2,1H3,(H,17,19). The lowest BCUT2D eigenvalue weighted by atomic mass is 10.0. The van der Waals surface area contributed by atoms with Gasteiger partial charge >= 0.3 is 0 Å². The Kier molecular flexibility index (Phi) is 4.65. The smallest absolute Gasteiger partial charge is 0.264 e. The minimum Gasteiger partial charge on any atom is -0.268 e. The van der Waals surface area contributed by atoms with Gasteiger partial charge in [0.1, 0.15) is 4.21 Å². The summed E-state index contributed by atoms with van der Waals surface area (Å²) < 4.78 is 27.8. The van der Waals surface area contributed by atoms with Crippen LogP contribution in [-0.2, 0) is 10.0 Å². The van der Waals surface area contributed by atoms with Crippen LogP contribution in [0.25, 0.3) is 11.3 Å². The molecule has 0 spiro atoms. The molecule has 1 aliphatic rings. The number of nitrogens with one attached hydrogen (secondary N) is 1. The first-order valence-corrected chi connectivity index (χ1v) is 10.0. The summed E-state index contributed by atoms with van der Waals surface area (Å²) in [6.07, 6.45) is 3.76. The maximum atomic E-state index is 12.9. The minimum absolute atomic E-state index is 0.0884. The van der Waals surface area contributed by atoms with Crippen LogP contribution < -0.4 is 5.56 Å². The molecule has 0 saturated carbocycles. The Labute approximate surface area is 139 Å². The van der Waals surface area contributed by atoms with Crippen molar-refractivity contribution in [1.82, 2.24) is 14.5 Å². The first kappa shape index (κ1) is 16.4. The normalized spacial score (nSPS) is 19.8. The van der Waals surface area contributed by atoms with E-state index in [2.05, 4.69) is 10.2 Å². The molecule has 23 heavy (non-hydrogen) atoms. The fourth-order valence-electron chi connectivity index (χ4n) is 2.91. The number of H-pyrrole nitrogens is 1. The number of hydrogen-bond donors (Lipinski definition) is 1. The van der Waals surface area contributed by atoms with Crippen LogP contribution in [0.4, 0.5) is 0 Å². The molecule has 3 heterocycles. The van der Waals surface area contributed by atoms with E-state index in [9.17, 15) is 13.2 Å². The lowest BCUT2D eigenvalue weighted by molar-refractivity contribution is 0.247. The highest BCUT2D eigenvalue weighted by molar-refractivity contribution is 7.91. The number of sulfonamides is 1. The largest absolute Gasteiger partial charge is 0.268 e. The van der Waals surface area contributed by atoms with Crippen LogP contribution in [0.1, 0.15) is 32.6 Å². The van der Waals surface area contributed by atoms with Gasteiger partial charge < -0.3 is 0 Å². The molecule has 8 heteroatoms. The zero-order chi connectivity index (χ0) is 16.4. The van der Waals surface area contributed by atoms with Crippen molar-refractivity contribution in [3.8, 4) is 11.3 Å². The van der Waals surface area contributed by atoms with Crippen LogP contribution in [0.15, 0.2) is 32.6 Å². The summed E-state index contributed by atoms with van der Waals surface area (Å²) in [6.45, 7) is 2.62. The van der Waals surface area contributed by atoms with E-state index in [1.807, 2.05) is 6.92 Å². The summed E-state index contributed by atoms with van der Waals surface area (Å²) in [5.74, 6) is 0. The van der Waals surface area contributed by atoms with Crippen LogP contribution >= 0.6 is 11.3 Å². The van der Waals surface area contributed by atoms with Gasteiger partial charge in [0.05, 0.1) is 5.69 Å². The van der Waals surface area contributed by atoms with E-state index in [1.165, 1.54) is 17.4 Å². The molecule has 1 unspecified atom stereocenters. The first-order valence-electron chi connectivity index (χ1n) is 7.69. The van der Waals surface area contributed by atoms with Crippen LogP contribution in [0, 0.1) is 0 Å². The Morgan fingerprint density at radius 2 is 2.22 bits per heavy atom. The Bertz CT molecular complexity index is 821. The molecule has 1 saturated heterocycles. The zero-order valence-electron chi connectivity index (χ0n) is 12.9. The third-order valence-corrected chi connectivity index (χ3v) is 7.52. The molecule has 2 aromatic heterocycles. The van der Waals surface area contributed by atoms with E-state index in [-0.39, 0.29) is 11.6 Å². The second-order valence-electron chi connectivity index (χ2n) is 5.63. The SMILES string of the molecule is CCC1CCCCN1S(=O)(=O)c1cc(-c2ccc(=O)[nH]n2)cs1. The highest BCUT2D eigenvalue weighted by Crippen LogP contribution is 2.32. The van der Waals surface area contributed by atoms with E-state index >= 15 is 0 Å². The summed E-state index contributed by atoms with van der Waals surface area (Å²) in [4.78, 5) is 11.1. The van der Waals surface area contributed by atoms with Gasteiger partial charge in [0, 0.05) is 29.6 Å². The molecular formula is C15H19N3O3S2. The van der Waals surface area contributed by atoms with Gasteiger partial charge in [-0.2, -0.15) is 9.40 Å². The Balaban J connectivity index is 1.92. The number of nitrogens with zero attached hydrogens (tertiary/aromatic N) is 2. The van der Waals surface area contributed by atoms with Crippen molar-refractivity contribution in [1.29, 1.82) is 0 Å². The summed E-state index contributed by atoms with van der Waals surface area (Å²) in [6, 6.07) is 4.70. The number of rotatable bonds is 4. The lowest BCUT2D eigenvalue weighted by Crippen LogP contribution is -2.42. The lowest BCUT2D eigenvalue weighted by Gasteiger charge is -2.33. The summed E-state index contributed by atoms with van der Waals surface area (Å²) in [5.41, 5.74) is 0.985. The minimum atomic E-state index is -3.47. The van der Waals surface area contributed by atoms with E-state index in [0.717, 1.165) is 25.7 Å². The van der Waals surface area contributed by atoms with Crippen molar-refractivity contribution in [2.24, 2.45) is 0 Å². The number of piperidine rings is 1. The fraction of sp³-hybridized carbons (Fsp3) is 0.467. The van der Waals surface area contributed by atoms with Gasteiger partial charge in [-0.1, -0.05) is 13.3 Å². The molecule has 0 aliphatic carbocycles. The van der Waals surface area contributed by atoms with Crippen LogP contribution in [0.5, 0.6) is 0 Å². The van der Waals surface area contributed by atoms with Gasteiger partial charge in [-0.25, -0.2) is 13.5 Å². The Morgan fingerprint density at radius 1 is 1.39 bits per heavy atom. The van der Waals surface area contributed by atoms with Gasteiger partial charge in [0.25, 0.3) is 15.6 Å². The van der Waals surface area contributed by atoms with Crippen LogP contribution in [0.2, 0.25) is 0 Å². The monoisotopic (exact) mass is 353 g/mol. The third-order valence-electron chi connectivity index (χ3n) is 4.16. The molecule has 124 valence electrons. The van der Waals surface area contributed by atoms with E-state index < -0.39 is 10.0 Å². The second-order valence-corrected chi connectivity index (χ2v) is 8.66. The molecule has 1 aliphatic heterocycles. The first-order chi connectivity index (χ1) is 11.0. The maximum absolute atomic E-state index is 12.9. The predicted octanol–water partition coefficient (Wildman–Crippen LogP) is 2.45. The summed E-state index contributed by atoms with van der Waals surface area (Å²) in [5, 5.41) is 8.08. The summed E-state index contributed by atoms with van der Waals surface area (Å²) in [7, 11) is -3.47. The van der Waals surface area contributed by atoms with Crippen molar-refractivity contribution in [2.45, 2.75) is 42.9 Å². The molecule has 1 atom stereocenters.